The number of amides is 1. The molecular weight excluding hydrogens is 402 g/mol. The van der Waals surface area contributed by atoms with E-state index in [1.807, 2.05) is 53.4 Å². The van der Waals surface area contributed by atoms with E-state index in [0.717, 1.165) is 49.8 Å². The summed E-state index contributed by atoms with van der Waals surface area (Å²) in [6.07, 6.45) is 5.35. The Kier molecular flexibility index (Phi) is 6.04. The maximum absolute atomic E-state index is 13.6. The number of carbonyl (C=O) groups is 1. The van der Waals surface area contributed by atoms with Gasteiger partial charge in [-0.3, -0.25) is 4.79 Å². The molecule has 32 heavy (non-hydrogen) atoms. The Labute approximate surface area is 188 Å². The predicted molar refractivity (Wildman–Crippen MR) is 120 cm³/mol. The van der Waals surface area contributed by atoms with Gasteiger partial charge in [-0.25, -0.2) is 0 Å². The molecule has 2 aromatic carbocycles. The second kappa shape index (κ2) is 9.25. The van der Waals surface area contributed by atoms with Gasteiger partial charge >= 0.3 is 0 Å². The quantitative estimate of drug-likeness (QED) is 0.487. The number of hydrogen-bond acceptors (Lipinski definition) is 5. The fraction of sp³-hybridized carbons (Fsp3) is 0.423. The lowest BCUT2D eigenvalue weighted by Gasteiger charge is -2.36. The largest absolute Gasteiger partial charge is 0.376 e. The fourth-order valence-electron chi connectivity index (χ4n) is 4.65. The Hall–Kier alpha value is -2.99. The van der Waals surface area contributed by atoms with Crippen LogP contribution in [0.2, 0.25) is 0 Å². The van der Waals surface area contributed by atoms with E-state index >= 15 is 0 Å². The van der Waals surface area contributed by atoms with Gasteiger partial charge in [0.25, 0.3) is 0 Å². The lowest BCUT2D eigenvalue weighted by Crippen LogP contribution is -2.44. The molecule has 2 heterocycles. The number of carbonyl (C=O) groups excluding carboxylic acids is 1. The van der Waals surface area contributed by atoms with Crippen LogP contribution in [-0.4, -0.2) is 34.1 Å². The highest BCUT2D eigenvalue weighted by Crippen LogP contribution is 2.51. The second-order valence-electron chi connectivity index (χ2n) is 8.80. The lowest BCUT2D eigenvalue weighted by molar-refractivity contribution is -0.138. The fourth-order valence-corrected chi connectivity index (χ4v) is 4.65. The second-order valence-corrected chi connectivity index (χ2v) is 8.80. The van der Waals surface area contributed by atoms with E-state index < -0.39 is 0 Å². The van der Waals surface area contributed by atoms with Gasteiger partial charge in [0.05, 0.1) is 18.6 Å². The molecule has 1 aliphatic carbocycles. The van der Waals surface area contributed by atoms with Crippen molar-refractivity contribution >= 4 is 5.91 Å². The van der Waals surface area contributed by atoms with Crippen LogP contribution in [-0.2, 0) is 28.0 Å². The van der Waals surface area contributed by atoms with E-state index in [-0.39, 0.29) is 17.4 Å². The third-order valence-electron chi connectivity index (χ3n) is 6.60. The van der Waals surface area contributed by atoms with Gasteiger partial charge in [0.15, 0.2) is 5.82 Å². The predicted octanol–water partition coefficient (Wildman–Crippen LogP) is 4.61. The van der Waals surface area contributed by atoms with Crippen LogP contribution >= 0.6 is 0 Å². The zero-order valence-corrected chi connectivity index (χ0v) is 18.3. The van der Waals surface area contributed by atoms with Crippen LogP contribution in [0, 0.1) is 0 Å². The van der Waals surface area contributed by atoms with Gasteiger partial charge in [-0.15, -0.1) is 0 Å². The van der Waals surface area contributed by atoms with Crippen molar-refractivity contribution in [1.29, 1.82) is 0 Å². The molecule has 6 nitrogen and oxygen atoms in total. The van der Waals surface area contributed by atoms with Crippen molar-refractivity contribution in [2.45, 2.75) is 56.6 Å². The summed E-state index contributed by atoms with van der Waals surface area (Å²) in [6.45, 7) is 1.84. The van der Waals surface area contributed by atoms with Crippen molar-refractivity contribution in [3.63, 3.8) is 0 Å². The monoisotopic (exact) mass is 431 g/mol. The molecule has 1 unspecified atom stereocenters. The molecule has 0 N–H and O–H groups in total. The number of benzene rings is 2. The molecule has 1 saturated carbocycles. The SMILES string of the molecule is O=C(N1CCCCC1c1nc(CCOCc2ccccc2)no1)C1(c2ccccc2)CC1. The molecule has 3 aromatic rings. The topological polar surface area (TPSA) is 68.5 Å². The smallest absolute Gasteiger partial charge is 0.249 e. The number of hydrogen-bond donors (Lipinski definition) is 0. The molecule has 1 amide bonds. The summed E-state index contributed by atoms with van der Waals surface area (Å²) in [6, 6.07) is 20.1. The lowest BCUT2D eigenvalue weighted by atomic mass is 9.91. The molecule has 0 radical (unpaired) electrons. The van der Waals surface area contributed by atoms with Crippen LogP contribution in [0.5, 0.6) is 0 Å². The Morgan fingerprint density at radius 2 is 1.81 bits per heavy atom. The molecule has 1 aromatic heterocycles. The number of likely N-dealkylation sites (tertiary alicyclic amines) is 1. The molecule has 5 rings (SSSR count). The number of aromatic nitrogens is 2. The van der Waals surface area contributed by atoms with E-state index in [4.69, 9.17) is 9.26 Å². The molecule has 2 aliphatic rings. The molecule has 1 saturated heterocycles. The molecule has 1 aliphatic heterocycles. The van der Waals surface area contributed by atoms with Gasteiger partial charge in [0.2, 0.25) is 11.8 Å². The molecule has 2 fully saturated rings. The van der Waals surface area contributed by atoms with Crippen molar-refractivity contribution in [3.05, 3.63) is 83.5 Å². The normalized spacial score (nSPS) is 19.6. The van der Waals surface area contributed by atoms with Crippen LogP contribution < -0.4 is 0 Å². The first-order valence-corrected chi connectivity index (χ1v) is 11.6. The summed E-state index contributed by atoms with van der Waals surface area (Å²) in [5.74, 6) is 1.40. The van der Waals surface area contributed by atoms with E-state index in [1.165, 1.54) is 0 Å². The zero-order valence-electron chi connectivity index (χ0n) is 18.3. The van der Waals surface area contributed by atoms with Gasteiger partial charge < -0.3 is 14.2 Å². The van der Waals surface area contributed by atoms with E-state index in [1.54, 1.807) is 0 Å². The summed E-state index contributed by atoms with van der Waals surface area (Å²) in [5.41, 5.74) is 1.89. The van der Waals surface area contributed by atoms with E-state index in [9.17, 15) is 4.79 Å². The standard InChI is InChI=1S/C26H29N3O3/c30-25(26(15-16-26)21-11-5-2-6-12-21)29-17-8-7-13-22(29)24-27-23(28-32-24)14-18-31-19-20-9-3-1-4-10-20/h1-6,9-12,22H,7-8,13-19H2. The van der Waals surface area contributed by atoms with E-state index in [2.05, 4.69) is 22.3 Å². The Balaban J connectivity index is 1.23. The molecule has 166 valence electrons. The summed E-state index contributed by atoms with van der Waals surface area (Å²) >= 11 is 0. The van der Waals surface area contributed by atoms with Crippen LogP contribution in [0.15, 0.2) is 65.2 Å². The molecular formula is C26H29N3O3. The number of piperidine rings is 1. The van der Waals surface area contributed by atoms with Crippen LogP contribution in [0.4, 0.5) is 0 Å². The van der Waals surface area contributed by atoms with Crippen molar-refractivity contribution in [3.8, 4) is 0 Å². The summed E-state index contributed by atoms with van der Waals surface area (Å²) in [7, 11) is 0. The summed E-state index contributed by atoms with van der Waals surface area (Å²) in [5, 5.41) is 4.16. The molecule has 1 atom stereocenters. The van der Waals surface area contributed by atoms with Crippen LogP contribution in [0.3, 0.4) is 0 Å². The van der Waals surface area contributed by atoms with Gasteiger partial charge in [-0.05, 0) is 43.2 Å². The highest BCUT2D eigenvalue weighted by atomic mass is 16.5. The Morgan fingerprint density at radius 3 is 2.56 bits per heavy atom. The van der Waals surface area contributed by atoms with Crippen LogP contribution in [0.25, 0.3) is 0 Å². The molecule has 6 heteroatoms. The average molecular weight is 432 g/mol. The Morgan fingerprint density at radius 1 is 1.06 bits per heavy atom. The summed E-state index contributed by atoms with van der Waals surface area (Å²) in [4.78, 5) is 20.3. The first-order chi connectivity index (χ1) is 15.8. The minimum absolute atomic E-state index is 0.135. The van der Waals surface area contributed by atoms with E-state index in [0.29, 0.717) is 31.3 Å². The van der Waals surface area contributed by atoms with Crippen molar-refractivity contribution in [1.82, 2.24) is 15.0 Å². The van der Waals surface area contributed by atoms with Crippen LogP contribution in [0.1, 0.15) is 61.0 Å². The maximum Gasteiger partial charge on any atom is 0.249 e. The maximum atomic E-state index is 13.6. The number of rotatable bonds is 8. The minimum Gasteiger partial charge on any atom is -0.376 e. The third kappa shape index (κ3) is 4.32. The number of ether oxygens (including phenoxy) is 1. The molecule has 0 bridgehead atoms. The van der Waals surface area contributed by atoms with Crippen molar-refractivity contribution < 1.29 is 14.1 Å². The highest BCUT2D eigenvalue weighted by Gasteiger charge is 2.54. The number of nitrogens with zero attached hydrogens (tertiary/aromatic N) is 3. The van der Waals surface area contributed by atoms with Gasteiger partial charge in [0.1, 0.15) is 6.04 Å². The van der Waals surface area contributed by atoms with Crippen molar-refractivity contribution in [2.24, 2.45) is 0 Å². The average Bonchev–Trinajstić information content (AvgIpc) is 3.54. The first kappa shape index (κ1) is 20.9. The summed E-state index contributed by atoms with van der Waals surface area (Å²) < 4.78 is 11.4. The third-order valence-corrected chi connectivity index (χ3v) is 6.60. The van der Waals surface area contributed by atoms with Gasteiger partial charge in [-0.1, -0.05) is 65.8 Å². The molecule has 0 spiro atoms. The highest BCUT2D eigenvalue weighted by molar-refractivity contribution is 5.91. The van der Waals surface area contributed by atoms with Gasteiger partial charge in [0, 0.05) is 13.0 Å². The van der Waals surface area contributed by atoms with Crippen molar-refractivity contribution in [2.75, 3.05) is 13.2 Å². The minimum atomic E-state index is -0.370. The zero-order chi connectivity index (χ0) is 21.8. The van der Waals surface area contributed by atoms with Gasteiger partial charge in [-0.2, -0.15) is 4.98 Å². The first-order valence-electron chi connectivity index (χ1n) is 11.6. The Bertz CT molecular complexity index is 1030.